The number of rotatable bonds is 3. The molecule has 1 aromatic heterocycles. The molecule has 4 nitrogen and oxygen atoms in total. The van der Waals surface area contributed by atoms with Crippen LogP contribution < -0.4 is 15.2 Å². The number of nitrogens with zero attached hydrogens (tertiary/aromatic N) is 1. The number of fused-ring (bicyclic) bond motifs is 1. The van der Waals surface area contributed by atoms with Gasteiger partial charge in [-0.05, 0) is 6.07 Å². The van der Waals surface area contributed by atoms with Crippen molar-refractivity contribution >= 4 is 11.3 Å². The van der Waals surface area contributed by atoms with Crippen molar-refractivity contribution in [2.75, 3.05) is 13.2 Å². The molecule has 2 N–H and O–H groups in total. The molecule has 0 saturated heterocycles. The van der Waals surface area contributed by atoms with Crippen LogP contribution in [0.1, 0.15) is 16.6 Å². The largest absolute Gasteiger partial charge is 0.486 e. The quantitative estimate of drug-likeness (QED) is 0.921. The average Bonchev–Trinajstić information content (AvgIpc) is 2.91. The molecule has 5 heteroatoms. The maximum Gasteiger partial charge on any atom is 0.166 e. The van der Waals surface area contributed by atoms with E-state index in [1.54, 1.807) is 17.5 Å². The van der Waals surface area contributed by atoms with Crippen LogP contribution in [0.5, 0.6) is 11.5 Å². The first kappa shape index (κ1) is 11.5. The Morgan fingerprint density at radius 2 is 2.22 bits per heavy atom. The van der Waals surface area contributed by atoms with Gasteiger partial charge < -0.3 is 15.2 Å². The van der Waals surface area contributed by atoms with Crippen molar-refractivity contribution in [1.29, 1.82) is 0 Å². The Labute approximate surface area is 109 Å². The van der Waals surface area contributed by atoms with Crippen LogP contribution in [-0.4, -0.2) is 18.2 Å². The van der Waals surface area contributed by atoms with Gasteiger partial charge in [0.25, 0.3) is 0 Å². The van der Waals surface area contributed by atoms with E-state index in [4.69, 9.17) is 15.2 Å². The van der Waals surface area contributed by atoms with Crippen molar-refractivity contribution in [2.24, 2.45) is 5.73 Å². The van der Waals surface area contributed by atoms with Crippen LogP contribution >= 0.6 is 11.3 Å². The second-order valence-electron chi connectivity index (χ2n) is 4.11. The number of aromatic nitrogens is 1. The monoisotopic (exact) mass is 262 g/mol. The third-order valence-corrected chi connectivity index (χ3v) is 3.68. The van der Waals surface area contributed by atoms with Gasteiger partial charge in [-0.15, -0.1) is 11.3 Å². The first-order chi connectivity index (χ1) is 8.84. The van der Waals surface area contributed by atoms with Gasteiger partial charge in [0.15, 0.2) is 11.5 Å². The second-order valence-corrected chi connectivity index (χ2v) is 5.09. The molecule has 1 aliphatic heterocycles. The number of benzene rings is 1. The van der Waals surface area contributed by atoms with Gasteiger partial charge in [0.05, 0.1) is 5.01 Å². The highest BCUT2D eigenvalue weighted by Crippen LogP contribution is 2.37. The smallest absolute Gasteiger partial charge is 0.166 e. The molecule has 0 spiro atoms. The molecule has 0 saturated carbocycles. The molecule has 0 radical (unpaired) electrons. The molecular formula is C13H14N2O2S. The van der Waals surface area contributed by atoms with Gasteiger partial charge in [0, 0.05) is 29.6 Å². The van der Waals surface area contributed by atoms with Gasteiger partial charge >= 0.3 is 0 Å². The van der Waals surface area contributed by atoms with E-state index < -0.39 is 0 Å². The molecule has 1 atom stereocenters. The van der Waals surface area contributed by atoms with Crippen LogP contribution in [0.25, 0.3) is 0 Å². The summed E-state index contributed by atoms with van der Waals surface area (Å²) in [6.07, 6.45) is 2.52. The number of hydrogen-bond acceptors (Lipinski definition) is 5. The maximum atomic E-state index is 6.24. The van der Waals surface area contributed by atoms with Gasteiger partial charge in [-0.3, -0.25) is 0 Å². The Morgan fingerprint density at radius 1 is 1.33 bits per heavy atom. The van der Waals surface area contributed by atoms with E-state index >= 15 is 0 Å². The minimum Gasteiger partial charge on any atom is -0.486 e. The van der Waals surface area contributed by atoms with Crippen molar-refractivity contribution in [3.8, 4) is 11.5 Å². The first-order valence-corrected chi connectivity index (χ1v) is 6.75. The fourth-order valence-corrected chi connectivity index (χ4v) is 2.72. The van der Waals surface area contributed by atoms with E-state index in [2.05, 4.69) is 4.98 Å². The summed E-state index contributed by atoms with van der Waals surface area (Å²) in [5.41, 5.74) is 7.23. The van der Waals surface area contributed by atoms with Gasteiger partial charge in [-0.25, -0.2) is 4.98 Å². The summed E-state index contributed by atoms with van der Waals surface area (Å²) < 4.78 is 11.2. The molecule has 0 amide bonds. The standard InChI is InChI=1S/C13H14N2O2S/c14-10(8-12-15-4-7-18-12)9-2-1-3-11-13(9)17-6-5-16-11/h1-4,7,10H,5-6,8,14H2. The van der Waals surface area contributed by atoms with Crippen molar-refractivity contribution in [3.05, 3.63) is 40.3 Å². The van der Waals surface area contributed by atoms with Crippen LogP contribution in [0.3, 0.4) is 0 Å². The van der Waals surface area contributed by atoms with E-state index in [1.807, 2.05) is 23.6 Å². The van der Waals surface area contributed by atoms with E-state index in [1.165, 1.54) is 0 Å². The Morgan fingerprint density at radius 3 is 3.06 bits per heavy atom. The van der Waals surface area contributed by atoms with Crippen molar-refractivity contribution < 1.29 is 9.47 Å². The van der Waals surface area contributed by atoms with Crippen molar-refractivity contribution in [1.82, 2.24) is 4.98 Å². The highest BCUT2D eigenvalue weighted by Gasteiger charge is 2.20. The van der Waals surface area contributed by atoms with Crippen molar-refractivity contribution in [3.63, 3.8) is 0 Å². The van der Waals surface area contributed by atoms with E-state index in [0.717, 1.165) is 28.5 Å². The molecule has 0 fully saturated rings. The van der Waals surface area contributed by atoms with E-state index in [-0.39, 0.29) is 6.04 Å². The highest BCUT2D eigenvalue weighted by atomic mass is 32.1. The lowest BCUT2D eigenvalue weighted by atomic mass is 10.0. The molecule has 0 aliphatic carbocycles. The van der Waals surface area contributed by atoms with Crippen LogP contribution in [0.4, 0.5) is 0 Å². The fraction of sp³-hybridized carbons (Fsp3) is 0.308. The van der Waals surface area contributed by atoms with Crippen LogP contribution in [-0.2, 0) is 6.42 Å². The number of hydrogen-bond donors (Lipinski definition) is 1. The molecule has 2 aromatic rings. The van der Waals surface area contributed by atoms with Gasteiger partial charge in [-0.2, -0.15) is 0 Å². The third-order valence-electron chi connectivity index (χ3n) is 2.87. The molecule has 3 rings (SSSR count). The summed E-state index contributed by atoms with van der Waals surface area (Å²) >= 11 is 1.62. The summed E-state index contributed by atoms with van der Waals surface area (Å²) in [5.74, 6) is 1.57. The second kappa shape index (κ2) is 4.96. The maximum absolute atomic E-state index is 6.24. The fourth-order valence-electron chi connectivity index (χ4n) is 2.04. The van der Waals surface area contributed by atoms with Crippen molar-refractivity contribution in [2.45, 2.75) is 12.5 Å². The normalized spacial score (nSPS) is 15.4. The minimum absolute atomic E-state index is 0.118. The molecule has 1 aliphatic rings. The first-order valence-electron chi connectivity index (χ1n) is 5.87. The summed E-state index contributed by atoms with van der Waals surface area (Å²) in [6.45, 7) is 1.17. The average molecular weight is 262 g/mol. The minimum atomic E-state index is -0.118. The van der Waals surface area contributed by atoms with Crippen LogP contribution in [0.2, 0.25) is 0 Å². The Kier molecular flexibility index (Phi) is 3.17. The Hall–Kier alpha value is -1.59. The van der Waals surface area contributed by atoms with E-state index in [9.17, 15) is 0 Å². The summed E-state index contributed by atoms with van der Waals surface area (Å²) in [6, 6.07) is 5.73. The SMILES string of the molecule is NC(Cc1nccs1)c1cccc2c1OCCO2. The Bertz CT molecular complexity index is 528. The van der Waals surface area contributed by atoms with Crippen LogP contribution in [0.15, 0.2) is 29.8 Å². The zero-order valence-corrected chi connectivity index (χ0v) is 10.7. The van der Waals surface area contributed by atoms with Gasteiger partial charge in [0.1, 0.15) is 13.2 Å². The zero-order valence-electron chi connectivity index (χ0n) is 9.83. The molecule has 0 bridgehead atoms. The number of para-hydroxylation sites is 1. The topological polar surface area (TPSA) is 57.4 Å². The van der Waals surface area contributed by atoms with Gasteiger partial charge in [0.2, 0.25) is 0 Å². The van der Waals surface area contributed by atoms with Crippen LogP contribution in [0, 0.1) is 0 Å². The molecule has 94 valence electrons. The highest BCUT2D eigenvalue weighted by molar-refractivity contribution is 7.09. The number of thiazole rings is 1. The number of ether oxygens (including phenoxy) is 2. The molecule has 1 unspecified atom stereocenters. The summed E-state index contributed by atoms with van der Waals surface area (Å²) in [4.78, 5) is 4.26. The lowest BCUT2D eigenvalue weighted by Gasteiger charge is -2.23. The number of nitrogens with two attached hydrogens (primary N) is 1. The zero-order chi connectivity index (χ0) is 12.4. The van der Waals surface area contributed by atoms with Gasteiger partial charge in [-0.1, -0.05) is 12.1 Å². The lowest BCUT2D eigenvalue weighted by Crippen LogP contribution is -2.20. The summed E-state index contributed by atoms with van der Waals surface area (Å²) in [5, 5.41) is 3.00. The predicted octanol–water partition coefficient (Wildman–Crippen LogP) is 2.16. The summed E-state index contributed by atoms with van der Waals surface area (Å²) in [7, 11) is 0. The molecule has 2 heterocycles. The third kappa shape index (κ3) is 2.19. The lowest BCUT2D eigenvalue weighted by molar-refractivity contribution is 0.169. The molecular weight excluding hydrogens is 248 g/mol. The molecule has 18 heavy (non-hydrogen) atoms. The van der Waals surface area contributed by atoms with E-state index in [0.29, 0.717) is 13.2 Å². The Balaban J connectivity index is 1.87. The molecule has 1 aromatic carbocycles. The predicted molar refractivity (Wildman–Crippen MR) is 70.2 cm³/mol.